The summed E-state index contributed by atoms with van der Waals surface area (Å²) in [5, 5.41) is 8.93. The molecule has 1 saturated heterocycles. The van der Waals surface area contributed by atoms with Crippen LogP contribution in [0.3, 0.4) is 0 Å². The van der Waals surface area contributed by atoms with Crippen molar-refractivity contribution in [2.75, 3.05) is 26.2 Å². The van der Waals surface area contributed by atoms with E-state index in [2.05, 4.69) is 15.9 Å². The van der Waals surface area contributed by atoms with Gasteiger partial charge >= 0.3 is 5.97 Å². The maximum absolute atomic E-state index is 12.5. The summed E-state index contributed by atoms with van der Waals surface area (Å²) < 4.78 is 26.6. The number of carboxylic acids is 1. The molecule has 7 nitrogen and oxygen atoms in total. The van der Waals surface area contributed by atoms with Gasteiger partial charge in [-0.05, 0) is 22.0 Å². The lowest BCUT2D eigenvalue weighted by Crippen LogP contribution is -2.49. The van der Waals surface area contributed by atoms with Crippen molar-refractivity contribution in [1.82, 2.24) is 9.21 Å². The molecule has 1 N–H and O–H groups in total. The fraction of sp³-hybridized carbons (Fsp3) is 0.455. The molecule has 1 aliphatic heterocycles. The van der Waals surface area contributed by atoms with Crippen LogP contribution in [-0.4, -0.2) is 60.8 Å². The van der Waals surface area contributed by atoms with Crippen LogP contribution in [0.15, 0.2) is 14.7 Å². The molecule has 2 rings (SSSR count). The Bertz CT molecular complexity index is 677. The summed E-state index contributed by atoms with van der Waals surface area (Å²) in [4.78, 5) is 23.7. The molecular formula is C11H13BrN2O5S2. The van der Waals surface area contributed by atoms with E-state index in [0.29, 0.717) is 13.1 Å². The molecule has 0 saturated carbocycles. The number of carboxylic acid groups (broad SMARTS) is 1. The van der Waals surface area contributed by atoms with E-state index in [-0.39, 0.29) is 32.6 Å². The number of hydrogen-bond acceptors (Lipinski definition) is 5. The number of amides is 1. The lowest BCUT2D eigenvalue weighted by molar-refractivity contribution is -0.129. The van der Waals surface area contributed by atoms with Crippen molar-refractivity contribution >= 4 is 49.2 Å². The third-order valence-electron chi connectivity index (χ3n) is 3.17. The van der Waals surface area contributed by atoms with Gasteiger partial charge in [-0.15, -0.1) is 11.3 Å². The van der Waals surface area contributed by atoms with Crippen molar-refractivity contribution in [2.45, 2.75) is 11.8 Å². The second-order valence-electron chi connectivity index (χ2n) is 4.46. The van der Waals surface area contributed by atoms with Gasteiger partial charge in [-0.2, -0.15) is 4.31 Å². The molecule has 21 heavy (non-hydrogen) atoms. The summed E-state index contributed by atoms with van der Waals surface area (Å²) in [7, 11) is -3.76. The number of nitrogens with zero attached hydrogens (tertiary/aromatic N) is 2. The minimum absolute atomic E-state index is 0.0391. The first-order valence-corrected chi connectivity index (χ1v) is 9.06. The molecule has 116 valence electrons. The maximum atomic E-state index is 12.5. The quantitative estimate of drug-likeness (QED) is 0.823. The van der Waals surface area contributed by atoms with E-state index in [1.807, 2.05) is 0 Å². The fourth-order valence-corrected chi connectivity index (χ4v) is 5.79. The van der Waals surface area contributed by atoms with E-state index in [0.717, 1.165) is 17.4 Å². The molecule has 1 amide bonds. The van der Waals surface area contributed by atoms with Gasteiger partial charge in [0.1, 0.15) is 9.77 Å². The molecule has 10 heteroatoms. The molecule has 0 aliphatic carbocycles. The topological polar surface area (TPSA) is 95.0 Å². The highest BCUT2D eigenvalue weighted by Gasteiger charge is 2.32. The maximum Gasteiger partial charge on any atom is 0.345 e. The third-order valence-corrected chi connectivity index (χ3v) is 7.31. The van der Waals surface area contributed by atoms with E-state index in [1.54, 1.807) is 4.90 Å². The van der Waals surface area contributed by atoms with Crippen LogP contribution in [0.1, 0.15) is 16.6 Å². The predicted octanol–water partition coefficient (Wildman–Crippen LogP) is 1.06. The monoisotopic (exact) mass is 396 g/mol. The van der Waals surface area contributed by atoms with Gasteiger partial charge in [-0.3, -0.25) is 4.79 Å². The zero-order valence-electron chi connectivity index (χ0n) is 11.1. The largest absolute Gasteiger partial charge is 0.477 e. The van der Waals surface area contributed by atoms with E-state index in [1.165, 1.54) is 11.2 Å². The molecule has 0 radical (unpaired) electrons. The van der Waals surface area contributed by atoms with Crippen molar-refractivity contribution in [3.8, 4) is 0 Å². The molecule has 1 fully saturated rings. The smallest absolute Gasteiger partial charge is 0.345 e. The summed E-state index contributed by atoms with van der Waals surface area (Å²) in [6.07, 6.45) is 0. The first kappa shape index (κ1) is 16.4. The minimum atomic E-state index is -3.76. The van der Waals surface area contributed by atoms with Crippen LogP contribution in [0, 0.1) is 0 Å². The Morgan fingerprint density at radius 2 is 1.86 bits per heavy atom. The summed E-state index contributed by atoms with van der Waals surface area (Å²) in [6.45, 7) is 2.52. The molecular weight excluding hydrogens is 384 g/mol. The number of piperazine rings is 1. The summed E-state index contributed by atoms with van der Waals surface area (Å²) in [6, 6.07) is 1.16. The molecule has 2 heterocycles. The highest BCUT2D eigenvalue weighted by molar-refractivity contribution is 9.11. The van der Waals surface area contributed by atoms with Crippen molar-refractivity contribution < 1.29 is 23.1 Å². The first-order valence-electron chi connectivity index (χ1n) is 6.01. The van der Waals surface area contributed by atoms with Gasteiger partial charge in [0.15, 0.2) is 0 Å². The van der Waals surface area contributed by atoms with Gasteiger partial charge in [0.25, 0.3) is 0 Å². The van der Waals surface area contributed by atoms with Gasteiger partial charge in [0.2, 0.25) is 15.9 Å². The van der Waals surface area contributed by atoms with Gasteiger partial charge in [-0.1, -0.05) is 0 Å². The molecule has 0 atom stereocenters. The molecule has 0 aromatic carbocycles. The molecule has 1 aromatic heterocycles. The average Bonchev–Trinajstić information content (AvgIpc) is 2.82. The second kappa shape index (κ2) is 6.03. The molecule has 0 unspecified atom stereocenters. The first-order chi connectivity index (χ1) is 9.73. The number of rotatable bonds is 3. The van der Waals surface area contributed by atoms with Crippen LogP contribution in [0.4, 0.5) is 0 Å². The molecule has 1 aromatic rings. The molecule has 0 spiro atoms. The standard InChI is InChI=1S/C11H13BrN2O5S2/c1-7(15)13-2-4-14(5-3-13)21(18,19)9-6-8(11(16)17)20-10(9)12/h6H,2-5H2,1H3,(H,16,17). The second-order valence-corrected chi connectivity index (χ2v) is 8.74. The Hall–Kier alpha value is -0.970. The normalized spacial score (nSPS) is 17.0. The Balaban J connectivity index is 2.23. The van der Waals surface area contributed by atoms with E-state index >= 15 is 0 Å². The Morgan fingerprint density at radius 3 is 2.29 bits per heavy atom. The van der Waals surface area contributed by atoms with Gasteiger partial charge in [0.05, 0.1) is 3.79 Å². The zero-order valence-corrected chi connectivity index (χ0v) is 14.3. The van der Waals surface area contributed by atoms with Crippen LogP contribution in [-0.2, 0) is 14.8 Å². The number of aromatic carboxylic acids is 1. The van der Waals surface area contributed by atoms with E-state index in [4.69, 9.17) is 5.11 Å². The van der Waals surface area contributed by atoms with Crippen molar-refractivity contribution in [3.63, 3.8) is 0 Å². The van der Waals surface area contributed by atoms with Crippen LogP contribution in [0.2, 0.25) is 0 Å². The van der Waals surface area contributed by atoms with Crippen LogP contribution in [0.5, 0.6) is 0 Å². The Morgan fingerprint density at radius 1 is 1.29 bits per heavy atom. The highest BCUT2D eigenvalue weighted by Crippen LogP contribution is 2.33. The molecule has 1 aliphatic rings. The van der Waals surface area contributed by atoms with Crippen LogP contribution >= 0.6 is 27.3 Å². The summed E-state index contributed by atoms with van der Waals surface area (Å²) >= 11 is 3.97. The Kier molecular flexibility index (Phi) is 4.71. The minimum Gasteiger partial charge on any atom is -0.477 e. The Labute approximate surface area is 134 Å². The number of halogens is 1. The summed E-state index contributed by atoms with van der Waals surface area (Å²) in [5.74, 6) is -1.25. The highest BCUT2D eigenvalue weighted by atomic mass is 79.9. The number of thiophene rings is 1. The van der Waals surface area contributed by atoms with Crippen molar-refractivity contribution in [3.05, 3.63) is 14.7 Å². The lowest BCUT2D eigenvalue weighted by Gasteiger charge is -2.33. The van der Waals surface area contributed by atoms with Gasteiger partial charge in [-0.25, -0.2) is 13.2 Å². The number of carbonyl (C=O) groups is 2. The van der Waals surface area contributed by atoms with Gasteiger partial charge < -0.3 is 10.0 Å². The van der Waals surface area contributed by atoms with Crippen molar-refractivity contribution in [2.24, 2.45) is 0 Å². The number of hydrogen-bond donors (Lipinski definition) is 1. The predicted molar refractivity (Wildman–Crippen MR) is 80.0 cm³/mol. The average molecular weight is 397 g/mol. The van der Waals surface area contributed by atoms with Crippen LogP contribution < -0.4 is 0 Å². The summed E-state index contributed by atoms with van der Waals surface area (Å²) in [5.41, 5.74) is 0. The number of sulfonamides is 1. The van der Waals surface area contributed by atoms with E-state index < -0.39 is 16.0 Å². The lowest BCUT2D eigenvalue weighted by atomic mass is 10.3. The zero-order chi connectivity index (χ0) is 15.8. The SMILES string of the molecule is CC(=O)N1CCN(S(=O)(=O)c2cc(C(=O)O)sc2Br)CC1. The molecule has 0 bridgehead atoms. The van der Waals surface area contributed by atoms with Gasteiger partial charge in [0, 0.05) is 33.1 Å². The number of carbonyl (C=O) groups excluding carboxylic acids is 1. The fourth-order valence-electron chi connectivity index (χ4n) is 2.02. The third kappa shape index (κ3) is 3.28. The van der Waals surface area contributed by atoms with Crippen molar-refractivity contribution in [1.29, 1.82) is 0 Å². The van der Waals surface area contributed by atoms with Crippen LogP contribution in [0.25, 0.3) is 0 Å². The van der Waals surface area contributed by atoms with E-state index in [9.17, 15) is 18.0 Å².